The number of carbonyl (C=O) groups is 3. The van der Waals surface area contributed by atoms with E-state index in [9.17, 15) is 14.4 Å². The Balaban J connectivity index is 1.72. The highest BCUT2D eigenvalue weighted by Gasteiger charge is 2.78. The first kappa shape index (κ1) is 14.4. The van der Waals surface area contributed by atoms with Crippen molar-refractivity contribution in [3.8, 4) is 0 Å². The van der Waals surface area contributed by atoms with Crippen molar-refractivity contribution in [1.82, 2.24) is 0 Å². The maximum Gasteiger partial charge on any atom is 0.310 e. The molecule has 6 unspecified atom stereocenters. The number of esters is 3. The Morgan fingerprint density at radius 3 is 2.48 bits per heavy atom. The molecule has 2 saturated carbocycles. The molecule has 0 bridgehead atoms. The maximum atomic E-state index is 12.1. The van der Waals surface area contributed by atoms with Gasteiger partial charge in [-0.1, -0.05) is 13.8 Å². The van der Waals surface area contributed by atoms with E-state index in [1.165, 1.54) is 7.11 Å². The molecule has 6 atom stereocenters. The third-order valence-electron chi connectivity index (χ3n) is 5.31. The van der Waals surface area contributed by atoms with Crippen molar-refractivity contribution in [3.05, 3.63) is 0 Å². The van der Waals surface area contributed by atoms with Crippen LogP contribution in [0.2, 0.25) is 0 Å². The summed E-state index contributed by atoms with van der Waals surface area (Å²) < 4.78 is 15.6. The Bertz CT molecular complexity index is 483. The van der Waals surface area contributed by atoms with Gasteiger partial charge >= 0.3 is 17.9 Å². The molecule has 0 N–H and O–H groups in total. The summed E-state index contributed by atoms with van der Waals surface area (Å²) in [4.78, 5) is 35.7. The summed E-state index contributed by atoms with van der Waals surface area (Å²) >= 11 is 0. The summed E-state index contributed by atoms with van der Waals surface area (Å²) in [5, 5.41) is 0. The van der Waals surface area contributed by atoms with Crippen LogP contribution in [0.3, 0.4) is 0 Å². The number of hydrogen-bond acceptors (Lipinski definition) is 6. The minimum absolute atomic E-state index is 0.0149. The lowest BCUT2D eigenvalue weighted by Gasteiger charge is -2.57. The zero-order valence-electron chi connectivity index (χ0n) is 12.4. The minimum Gasteiger partial charge on any atom is -0.469 e. The van der Waals surface area contributed by atoms with Gasteiger partial charge in [-0.15, -0.1) is 0 Å². The van der Waals surface area contributed by atoms with E-state index in [0.717, 1.165) is 0 Å². The van der Waals surface area contributed by atoms with Crippen molar-refractivity contribution in [2.24, 2.45) is 29.6 Å². The molecule has 0 amide bonds. The quantitative estimate of drug-likeness (QED) is 0.554. The highest BCUT2D eigenvalue weighted by Crippen LogP contribution is 2.65. The van der Waals surface area contributed by atoms with Crippen molar-refractivity contribution in [1.29, 1.82) is 0 Å². The van der Waals surface area contributed by atoms with E-state index in [1.54, 1.807) is 0 Å². The van der Waals surface area contributed by atoms with Crippen LogP contribution in [0.5, 0.6) is 0 Å². The molecule has 21 heavy (non-hydrogen) atoms. The van der Waals surface area contributed by atoms with Gasteiger partial charge in [0.1, 0.15) is 12.2 Å². The van der Waals surface area contributed by atoms with Gasteiger partial charge in [0, 0.05) is 11.8 Å². The van der Waals surface area contributed by atoms with Gasteiger partial charge in [0.2, 0.25) is 0 Å². The molecule has 6 heteroatoms. The summed E-state index contributed by atoms with van der Waals surface area (Å²) in [6.45, 7) is 3.87. The van der Waals surface area contributed by atoms with Gasteiger partial charge in [0.05, 0.1) is 24.9 Å². The predicted molar refractivity (Wildman–Crippen MR) is 69.8 cm³/mol. The number of methoxy groups -OCH3 is 1. The largest absolute Gasteiger partial charge is 0.469 e. The van der Waals surface area contributed by atoms with Gasteiger partial charge < -0.3 is 14.2 Å². The average Bonchev–Trinajstić information content (AvgIpc) is 2.58. The van der Waals surface area contributed by atoms with Crippen LogP contribution < -0.4 is 0 Å². The van der Waals surface area contributed by atoms with Crippen molar-refractivity contribution in [3.63, 3.8) is 0 Å². The van der Waals surface area contributed by atoms with Crippen LogP contribution in [0.15, 0.2) is 0 Å². The van der Waals surface area contributed by atoms with E-state index in [-0.39, 0.29) is 35.8 Å². The van der Waals surface area contributed by atoms with Crippen LogP contribution in [-0.4, -0.2) is 37.2 Å². The van der Waals surface area contributed by atoms with Crippen molar-refractivity contribution >= 4 is 17.9 Å². The molecule has 2 aliphatic carbocycles. The van der Waals surface area contributed by atoms with Gasteiger partial charge in [-0.25, -0.2) is 0 Å². The molecule has 1 saturated heterocycles. The van der Waals surface area contributed by atoms with E-state index in [1.807, 2.05) is 13.8 Å². The summed E-state index contributed by atoms with van der Waals surface area (Å²) in [5.74, 6) is -2.23. The van der Waals surface area contributed by atoms with Gasteiger partial charge in [0.25, 0.3) is 0 Å². The van der Waals surface area contributed by atoms with Gasteiger partial charge in [-0.2, -0.15) is 0 Å². The average molecular weight is 296 g/mol. The Morgan fingerprint density at radius 2 is 1.90 bits per heavy atom. The number of carbonyl (C=O) groups excluding carboxylic acids is 3. The first-order chi connectivity index (χ1) is 10.0. The fourth-order valence-corrected chi connectivity index (χ4v) is 4.05. The van der Waals surface area contributed by atoms with E-state index < -0.39 is 23.9 Å². The van der Waals surface area contributed by atoms with Crippen molar-refractivity contribution in [2.45, 2.75) is 38.9 Å². The first-order valence-electron chi connectivity index (χ1n) is 7.53. The van der Waals surface area contributed by atoms with Crippen LogP contribution >= 0.6 is 0 Å². The van der Waals surface area contributed by atoms with Crippen LogP contribution in [0, 0.1) is 29.6 Å². The summed E-state index contributed by atoms with van der Waals surface area (Å²) in [7, 11) is 1.30. The Labute approximate surface area is 123 Å². The third-order valence-corrected chi connectivity index (χ3v) is 5.31. The smallest absolute Gasteiger partial charge is 0.310 e. The minimum atomic E-state index is -0.522. The first-order valence-corrected chi connectivity index (χ1v) is 7.53. The molecule has 3 rings (SSSR count). The number of hydrogen-bond donors (Lipinski definition) is 0. The van der Waals surface area contributed by atoms with Crippen LogP contribution in [0.1, 0.15) is 26.7 Å². The van der Waals surface area contributed by atoms with Crippen LogP contribution in [0.25, 0.3) is 0 Å². The second-order valence-corrected chi connectivity index (χ2v) is 6.05. The van der Waals surface area contributed by atoms with Crippen LogP contribution in [0.4, 0.5) is 0 Å². The lowest BCUT2D eigenvalue weighted by molar-refractivity contribution is -0.235. The van der Waals surface area contributed by atoms with Gasteiger partial charge in [0.15, 0.2) is 0 Å². The highest BCUT2D eigenvalue weighted by molar-refractivity contribution is 5.88. The third kappa shape index (κ3) is 1.80. The Morgan fingerprint density at radius 1 is 1.24 bits per heavy atom. The van der Waals surface area contributed by atoms with Gasteiger partial charge in [-0.05, 0) is 12.8 Å². The van der Waals surface area contributed by atoms with Crippen LogP contribution in [-0.2, 0) is 28.6 Å². The zero-order chi connectivity index (χ0) is 15.3. The van der Waals surface area contributed by atoms with E-state index >= 15 is 0 Å². The summed E-state index contributed by atoms with van der Waals surface area (Å²) in [6, 6.07) is 0. The fraction of sp³-hybridized carbons (Fsp3) is 0.800. The number of rotatable bonds is 5. The molecule has 1 aliphatic heterocycles. The zero-order valence-corrected chi connectivity index (χ0v) is 12.4. The van der Waals surface area contributed by atoms with E-state index in [4.69, 9.17) is 14.2 Å². The standard InChI is InChI=1S/C15H20O6/c1-4-6(5-2)13(16)20-11-7-8-10(9(7)14(17)19-3)15(18)21-12(8)11/h6-12H,4-5H2,1-3H3. The molecule has 116 valence electrons. The SMILES string of the molecule is CCC(CC)C(=O)OC1C2OC(=O)C3C(C(=O)OC)C1C23. The normalized spacial score (nSPS) is 39.0. The Kier molecular flexibility index (Phi) is 3.42. The molecule has 3 fully saturated rings. The molecular formula is C15H20O6. The fourth-order valence-electron chi connectivity index (χ4n) is 4.05. The topological polar surface area (TPSA) is 78.9 Å². The molecule has 1 heterocycles. The molecule has 6 nitrogen and oxygen atoms in total. The maximum absolute atomic E-state index is 12.1. The summed E-state index contributed by atoms with van der Waals surface area (Å²) in [6.07, 6.45) is 0.564. The molecule has 3 aliphatic rings. The lowest BCUT2D eigenvalue weighted by atomic mass is 9.45. The highest BCUT2D eigenvalue weighted by atomic mass is 16.6. The predicted octanol–water partition coefficient (Wildman–Crippen LogP) is 0.925. The summed E-state index contributed by atoms with van der Waals surface area (Å²) in [5.41, 5.74) is 0. The second kappa shape index (κ2) is 5.00. The molecule has 0 aromatic rings. The monoisotopic (exact) mass is 296 g/mol. The molecular weight excluding hydrogens is 276 g/mol. The van der Waals surface area contributed by atoms with Gasteiger partial charge in [-0.3, -0.25) is 14.4 Å². The molecule has 0 radical (unpaired) electrons. The van der Waals surface area contributed by atoms with Crippen molar-refractivity contribution < 1.29 is 28.6 Å². The molecule has 0 aromatic carbocycles. The molecule has 0 spiro atoms. The van der Waals surface area contributed by atoms with E-state index in [2.05, 4.69) is 0 Å². The number of ether oxygens (including phenoxy) is 3. The van der Waals surface area contributed by atoms with E-state index in [0.29, 0.717) is 12.8 Å². The second-order valence-electron chi connectivity index (χ2n) is 6.05. The lowest BCUT2D eigenvalue weighted by Crippen LogP contribution is -2.70. The molecule has 0 aromatic heterocycles. The Hall–Kier alpha value is -1.59. The van der Waals surface area contributed by atoms with Crippen molar-refractivity contribution in [2.75, 3.05) is 7.11 Å².